The third-order valence-electron chi connectivity index (χ3n) is 6.72. The van der Waals surface area contributed by atoms with E-state index in [9.17, 15) is 28.2 Å². The Kier molecular flexibility index (Phi) is 8.96. The van der Waals surface area contributed by atoms with Crippen LogP contribution in [-0.4, -0.2) is 57.9 Å². The first kappa shape index (κ1) is 28.0. The maximum absolute atomic E-state index is 14.7. The zero-order chi connectivity index (χ0) is 24.6. The number of aliphatic hydroxyl groups is 2. The van der Waals surface area contributed by atoms with E-state index in [1.165, 1.54) is 17.0 Å². The maximum atomic E-state index is 14.7. The fraction of sp³-hybridized carbons (Fsp3) is 0.458. The van der Waals surface area contributed by atoms with E-state index in [1.807, 2.05) is 29.5 Å². The lowest BCUT2D eigenvalue weighted by atomic mass is 9.84. The quantitative estimate of drug-likeness (QED) is 0.359. The van der Waals surface area contributed by atoms with Gasteiger partial charge in [0.25, 0.3) is 5.91 Å². The molecule has 4 rings (SSSR count). The highest BCUT2D eigenvalue weighted by Crippen LogP contribution is 2.33. The first-order valence-corrected chi connectivity index (χ1v) is 12.3. The molecule has 2 aliphatic rings. The molecule has 1 unspecified atom stereocenters. The van der Waals surface area contributed by atoms with Crippen LogP contribution >= 0.6 is 35.0 Å². The van der Waals surface area contributed by atoms with Gasteiger partial charge in [0, 0.05) is 15.7 Å². The van der Waals surface area contributed by atoms with Crippen molar-refractivity contribution in [2.75, 3.05) is 18.4 Å². The molecule has 1 heterocycles. The molecule has 35 heavy (non-hydrogen) atoms. The Balaban J connectivity index is 0.00000342. The van der Waals surface area contributed by atoms with Crippen LogP contribution in [0.4, 0.5) is 24.5 Å². The molecule has 1 aliphatic heterocycles. The van der Waals surface area contributed by atoms with E-state index in [1.54, 1.807) is 6.07 Å². The van der Waals surface area contributed by atoms with E-state index < -0.39 is 34.6 Å². The molecule has 1 saturated carbocycles. The van der Waals surface area contributed by atoms with Crippen LogP contribution in [0.1, 0.15) is 43.0 Å². The molecule has 1 atom stereocenters. The summed E-state index contributed by atoms with van der Waals surface area (Å²) < 4.78 is 43.6. The Bertz CT molecular complexity index is 1080. The number of amides is 1. The summed E-state index contributed by atoms with van der Waals surface area (Å²) in [7, 11) is 0. The summed E-state index contributed by atoms with van der Waals surface area (Å²) in [5, 5.41) is 26.6. The van der Waals surface area contributed by atoms with Gasteiger partial charge in [-0.2, -0.15) is 0 Å². The number of rotatable bonds is 6. The van der Waals surface area contributed by atoms with Gasteiger partial charge in [-0.1, -0.05) is 0 Å². The number of nitrogens with one attached hydrogen (secondary N) is 2. The molecule has 0 bridgehead atoms. The standard InChI is InChI=1S/C24H27F3IN3O3.ClH/c1-13(29-15-3-5-16(32)6-4-15)24(34)11-31(12-24)23(33)17-7-8-18(25)21(27)22(17)30-20-9-2-14(28)10-19(20)26;/h2,7-10,13,15-16,29-30,32,34H,3-6,11-12H2,1H3;1H. The molecule has 0 spiro atoms. The summed E-state index contributed by atoms with van der Waals surface area (Å²) in [6.07, 6.45) is 2.76. The number of benzene rings is 2. The van der Waals surface area contributed by atoms with Gasteiger partial charge in [0.15, 0.2) is 11.6 Å². The molecule has 0 radical (unpaired) electrons. The highest BCUT2D eigenvalue weighted by Gasteiger charge is 2.48. The van der Waals surface area contributed by atoms with Gasteiger partial charge in [0.05, 0.1) is 36.1 Å². The molecule has 1 saturated heterocycles. The van der Waals surface area contributed by atoms with E-state index in [4.69, 9.17) is 0 Å². The summed E-state index contributed by atoms with van der Waals surface area (Å²) in [5.41, 5.74) is -1.86. The molecule has 6 nitrogen and oxygen atoms in total. The van der Waals surface area contributed by atoms with Gasteiger partial charge in [0.1, 0.15) is 11.4 Å². The van der Waals surface area contributed by atoms with Crippen molar-refractivity contribution in [3.05, 3.63) is 56.9 Å². The Hall–Kier alpha value is -1.60. The van der Waals surface area contributed by atoms with Crippen LogP contribution in [0.5, 0.6) is 0 Å². The van der Waals surface area contributed by atoms with Crippen LogP contribution in [0.3, 0.4) is 0 Å². The van der Waals surface area contributed by atoms with E-state index in [0.717, 1.165) is 25.0 Å². The average molecular weight is 626 g/mol. The van der Waals surface area contributed by atoms with Gasteiger partial charge in [-0.05, 0) is 85.5 Å². The second-order valence-corrected chi connectivity index (χ2v) is 10.4. The first-order valence-electron chi connectivity index (χ1n) is 11.2. The Morgan fingerprint density at radius 2 is 1.77 bits per heavy atom. The molecule has 4 N–H and O–H groups in total. The molecule has 11 heteroatoms. The van der Waals surface area contributed by atoms with Gasteiger partial charge in [-0.15, -0.1) is 12.4 Å². The van der Waals surface area contributed by atoms with Gasteiger partial charge < -0.3 is 25.7 Å². The largest absolute Gasteiger partial charge is 0.393 e. The summed E-state index contributed by atoms with van der Waals surface area (Å²) in [5.74, 6) is -3.71. The third-order valence-corrected chi connectivity index (χ3v) is 7.39. The smallest absolute Gasteiger partial charge is 0.256 e. The van der Waals surface area contributed by atoms with Crippen LogP contribution in [0.2, 0.25) is 0 Å². The topological polar surface area (TPSA) is 84.8 Å². The lowest BCUT2D eigenvalue weighted by Gasteiger charge is -2.50. The molecule has 1 amide bonds. The zero-order valence-corrected chi connectivity index (χ0v) is 22.0. The number of carbonyl (C=O) groups is 1. The van der Waals surface area contributed by atoms with Crippen molar-refractivity contribution in [3.8, 4) is 0 Å². The molecular formula is C24H28ClF3IN3O3. The van der Waals surface area contributed by atoms with Crippen LogP contribution in [0, 0.1) is 21.0 Å². The SMILES string of the molecule is CC(NC1CCC(O)CC1)C1(O)CN(C(=O)c2ccc(F)c(F)c2Nc2ccc(I)cc2F)C1.Cl. The summed E-state index contributed by atoms with van der Waals surface area (Å²) in [6.45, 7) is 1.88. The van der Waals surface area contributed by atoms with Gasteiger partial charge >= 0.3 is 0 Å². The van der Waals surface area contributed by atoms with E-state index in [0.29, 0.717) is 16.4 Å². The van der Waals surface area contributed by atoms with E-state index in [2.05, 4.69) is 10.6 Å². The lowest BCUT2D eigenvalue weighted by Crippen LogP contribution is -2.71. The van der Waals surface area contributed by atoms with E-state index in [-0.39, 0.29) is 54.9 Å². The molecular weight excluding hydrogens is 598 g/mol. The number of aliphatic hydroxyl groups excluding tert-OH is 1. The van der Waals surface area contributed by atoms with Crippen molar-refractivity contribution in [2.24, 2.45) is 0 Å². The summed E-state index contributed by atoms with van der Waals surface area (Å²) >= 11 is 1.93. The fourth-order valence-corrected chi connectivity index (χ4v) is 4.98. The number of halogens is 5. The van der Waals surface area contributed by atoms with Crippen molar-refractivity contribution in [3.63, 3.8) is 0 Å². The van der Waals surface area contributed by atoms with Crippen LogP contribution in [0.15, 0.2) is 30.3 Å². The van der Waals surface area contributed by atoms with E-state index >= 15 is 0 Å². The number of β-amino-alcohol motifs (C(OH)–C–C–N with tert-alkyl or cyclic N) is 1. The molecule has 192 valence electrons. The number of carbonyl (C=O) groups excluding carboxylic acids is 1. The van der Waals surface area contributed by atoms with Crippen LogP contribution < -0.4 is 10.6 Å². The predicted octanol–water partition coefficient (Wildman–Crippen LogP) is 4.34. The molecule has 2 fully saturated rings. The number of likely N-dealkylation sites (tertiary alicyclic amines) is 1. The highest BCUT2D eigenvalue weighted by atomic mass is 127. The van der Waals surface area contributed by atoms with Gasteiger partial charge in [-0.25, -0.2) is 13.2 Å². The monoisotopic (exact) mass is 625 g/mol. The second-order valence-electron chi connectivity index (χ2n) is 9.19. The second kappa shape index (κ2) is 11.2. The Labute approximate surface area is 221 Å². The maximum Gasteiger partial charge on any atom is 0.256 e. The zero-order valence-electron chi connectivity index (χ0n) is 19.0. The van der Waals surface area contributed by atoms with Crippen LogP contribution in [-0.2, 0) is 0 Å². The number of hydrogen-bond donors (Lipinski definition) is 4. The lowest BCUT2D eigenvalue weighted by molar-refractivity contribution is -0.103. The number of nitrogens with zero attached hydrogens (tertiary/aromatic N) is 1. The minimum absolute atomic E-state index is 0. The molecule has 2 aromatic carbocycles. The minimum atomic E-state index is -1.28. The number of hydrogen-bond acceptors (Lipinski definition) is 5. The van der Waals surface area contributed by atoms with Gasteiger partial charge in [0.2, 0.25) is 0 Å². The van der Waals surface area contributed by atoms with Crippen molar-refractivity contribution < 1.29 is 28.2 Å². The molecule has 0 aromatic heterocycles. The summed E-state index contributed by atoms with van der Waals surface area (Å²) in [6, 6.07) is 6.10. The van der Waals surface area contributed by atoms with Gasteiger partial charge in [-0.3, -0.25) is 4.79 Å². The Morgan fingerprint density at radius 3 is 2.40 bits per heavy atom. The first-order chi connectivity index (χ1) is 16.1. The predicted molar refractivity (Wildman–Crippen MR) is 138 cm³/mol. The average Bonchev–Trinajstić information content (AvgIpc) is 2.77. The van der Waals surface area contributed by atoms with Crippen molar-refractivity contribution in [2.45, 2.75) is 56.4 Å². The molecule has 2 aromatic rings. The minimum Gasteiger partial charge on any atom is -0.393 e. The number of anilines is 2. The van der Waals surface area contributed by atoms with Crippen molar-refractivity contribution in [1.29, 1.82) is 0 Å². The van der Waals surface area contributed by atoms with Crippen LogP contribution in [0.25, 0.3) is 0 Å². The molecule has 1 aliphatic carbocycles. The summed E-state index contributed by atoms with van der Waals surface area (Å²) in [4.78, 5) is 14.5. The fourth-order valence-electron chi connectivity index (χ4n) is 4.53. The normalized spacial score (nSPS) is 22.1. The highest BCUT2D eigenvalue weighted by molar-refractivity contribution is 14.1. The third kappa shape index (κ3) is 6.04. The van der Waals surface area contributed by atoms with Crippen molar-refractivity contribution >= 4 is 52.3 Å². The van der Waals surface area contributed by atoms with Crippen molar-refractivity contribution in [1.82, 2.24) is 10.2 Å². The Morgan fingerprint density at radius 1 is 1.11 bits per heavy atom.